The molecule has 1 aromatic carbocycles. The number of nitrogens with zero attached hydrogens (tertiary/aromatic N) is 2. The number of benzene rings is 1. The van der Waals surface area contributed by atoms with Crippen molar-refractivity contribution >= 4 is 29.0 Å². The van der Waals surface area contributed by atoms with E-state index in [4.69, 9.17) is 12.2 Å². The van der Waals surface area contributed by atoms with Crippen molar-refractivity contribution in [2.75, 3.05) is 6.54 Å². The Hall–Kier alpha value is -1.95. The molecule has 2 heterocycles. The Morgan fingerprint density at radius 2 is 2.16 bits per heavy atom. The molecule has 1 aromatic heterocycles. The molecule has 0 saturated carbocycles. The standard InChI is InChI=1S/C19H25N3O2S/c1-4-6-16-12(2)7-5-10-22(16)17(23)13-8-9-14-15(11-13)20-19(25)21(3)18(14)24/h8-9,11-12,16H,4-7,10H2,1-3H3,(H,20,25)/t12-,16+/m1/s1. The molecule has 6 heteroatoms. The highest BCUT2D eigenvalue weighted by Crippen LogP contribution is 2.28. The number of rotatable bonds is 3. The van der Waals surface area contributed by atoms with Gasteiger partial charge < -0.3 is 9.88 Å². The predicted molar refractivity (Wildman–Crippen MR) is 103 cm³/mol. The van der Waals surface area contributed by atoms with E-state index < -0.39 is 0 Å². The molecule has 134 valence electrons. The van der Waals surface area contributed by atoms with Crippen molar-refractivity contribution in [2.45, 2.75) is 45.6 Å². The SMILES string of the molecule is CCC[C@H]1[C@H](C)CCCN1C(=O)c1ccc2c(=O)n(C)c(=S)[nH]c2c1. The molecule has 0 aliphatic carbocycles. The summed E-state index contributed by atoms with van der Waals surface area (Å²) < 4.78 is 1.76. The van der Waals surface area contributed by atoms with E-state index >= 15 is 0 Å². The maximum atomic E-state index is 13.1. The summed E-state index contributed by atoms with van der Waals surface area (Å²) in [4.78, 5) is 30.5. The Morgan fingerprint density at radius 3 is 2.88 bits per heavy atom. The first-order valence-corrected chi connectivity index (χ1v) is 9.39. The lowest BCUT2D eigenvalue weighted by Gasteiger charge is -2.40. The van der Waals surface area contributed by atoms with Crippen molar-refractivity contribution in [1.29, 1.82) is 0 Å². The first-order valence-electron chi connectivity index (χ1n) is 8.98. The fourth-order valence-electron chi connectivity index (χ4n) is 3.84. The molecule has 25 heavy (non-hydrogen) atoms. The lowest BCUT2D eigenvalue weighted by molar-refractivity contribution is 0.0498. The molecule has 1 fully saturated rings. The van der Waals surface area contributed by atoms with Crippen LogP contribution >= 0.6 is 12.2 Å². The van der Waals surface area contributed by atoms with Gasteiger partial charge in [-0.2, -0.15) is 0 Å². The van der Waals surface area contributed by atoms with E-state index in [2.05, 4.69) is 18.8 Å². The molecule has 3 rings (SSSR count). The van der Waals surface area contributed by atoms with E-state index in [1.165, 1.54) is 11.0 Å². The van der Waals surface area contributed by atoms with Crippen LogP contribution in [0.2, 0.25) is 0 Å². The van der Waals surface area contributed by atoms with Gasteiger partial charge >= 0.3 is 0 Å². The van der Waals surface area contributed by atoms with Crippen LogP contribution < -0.4 is 5.56 Å². The molecule has 1 aliphatic rings. The second kappa shape index (κ2) is 7.12. The third-order valence-corrected chi connectivity index (χ3v) is 5.68. The van der Waals surface area contributed by atoms with E-state index in [-0.39, 0.29) is 11.5 Å². The average Bonchev–Trinajstić information content (AvgIpc) is 2.60. The van der Waals surface area contributed by atoms with E-state index in [1.807, 2.05) is 4.90 Å². The summed E-state index contributed by atoms with van der Waals surface area (Å²) in [5, 5.41) is 0.546. The number of hydrogen-bond acceptors (Lipinski definition) is 3. The Kier molecular flexibility index (Phi) is 5.08. The van der Waals surface area contributed by atoms with Crippen molar-refractivity contribution in [2.24, 2.45) is 13.0 Å². The molecular formula is C19H25N3O2S. The average molecular weight is 359 g/mol. The maximum Gasteiger partial charge on any atom is 0.261 e. The van der Waals surface area contributed by atoms with Gasteiger partial charge in [0.25, 0.3) is 11.5 Å². The second-order valence-corrected chi connectivity index (χ2v) is 7.42. The number of aromatic amines is 1. The lowest BCUT2D eigenvalue weighted by Crippen LogP contribution is -2.47. The van der Waals surface area contributed by atoms with Gasteiger partial charge in [-0.25, -0.2) is 0 Å². The highest BCUT2D eigenvalue weighted by Gasteiger charge is 2.31. The highest BCUT2D eigenvalue weighted by atomic mass is 32.1. The summed E-state index contributed by atoms with van der Waals surface area (Å²) in [6.07, 6.45) is 4.32. The van der Waals surface area contributed by atoms with Crippen LogP contribution in [0.1, 0.15) is 49.9 Å². The summed E-state index contributed by atoms with van der Waals surface area (Å²) in [5.74, 6) is 0.572. The van der Waals surface area contributed by atoms with Crippen molar-refractivity contribution in [1.82, 2.24) is 14.5 Å². The Balaban J connectivity index is 2.00. The lowest BCUT2D eigenvalue weighted by atomic mass is 9.87. The van der Waals surface area contributed by atoms with Crippen LogP contribution in [-0.4, -0.2) is 32.9 Å². The van der Waals surface area contributed by atoms with Gasteiger partial charge in [0.1, 0.15) is 0 Å². The van der Waals surface area contributed by atoms with Crippen molar-refractivity contribution in [3.05, 3.63) is 38.9 Å². The zero-order valence-corrected chi connectivity index (χ0v) is 15.9. The van der Waals surface area contributed by atoms with Crippen LogP contribution in [0.5, 0.6) is 0 Å². The summed E-state index contributed by atoms with van der Waals surface area (Å²) in [6, 6.07) is 5.53. The minimum absolute atomic E-state index is 0.0481. The molecule has 1 amide bonds. The van der Waals surface area contributed by atoms with E-state index in [0.29, 0.717) is 33.2 Å². The molecule has 1 saturated heterocycles. The van der Waals surface area contributed by atoms with E-state index in [0.717, 1.165) is 25.8 Å². The number of aromatic nitrogens is 2. The minimum Gasteiger partial charge on any atom is -0.335 e. The van der Waals surface area contributed by atoms with Crippen LogP contribution in [0.3, 0.4) is 0 Å². The largest absolute Gasteiger partial charge is 0.335 e. The molecule has 2 atom stereocenters. The summed E-state index contributed by atoms with van der Waals surface area (Å²) in [6.45, 7) is 5.20. The number of hydrogen-bond donors (Lipinski definition) is 1. The van der Waals surface area contributed by atoms with Gasteiger partial charge in [0.05, 0.1) is 10.9 Å². The number of likely N-dealkylation sites (tertiary alicyclic amines) is 1. The number of fused-ring (bicyclic) bond motifs is 1. The number of H-pyrrole nitrogens is 1. The molecule has 1 N–H and O–H groups in total. The zero-order valence-electron chi connectivity index (χ0n) is 15.0. The van der Waals surface area contributed by atoms with Crippen molar-refractivity contribution in [3.63, 3.8) is 0 Å². The Bertz CT molecular complexity index is 915. The van der Waals surface area contributed by atoms with Crippen LogP contribution in [0.4, 0.5) is 0 Å². The molecule has 0 unspecified atom stereocenters. The third-order valence-electron chi connectivity index (χ3n) is 5.31. The third kappa shape index (κ3) is 3.27. The van der Waals surface area contributed by atoms with Gasteiger partial charge in [-0.05, 0) is 55.6 Å². The van der Waals surface area contributed by atoms with Crippen LogP contribution in [0, 0.1) is 10.7 Å². The molecule has 0 bridgehead atoms. The number of piperidine rings is 1. The number of nitrogens with one attached hydrogen (secondary N) is 1. The quantitative estimate of drug-likeness (QED) is 0.851. The van der Waals surface area contributed by atoms with Crippen LogP contribution in [-0.2, 0) is 7.05 Å². The number of carbonyl (C=O) groups excluding carboxylic acids is 1. The van der Waals surface area contributed by atoms with Gasteiger partial charge in [0, 0.05) is 25.2 Å². The first kappa shape index (κ1) is 17.9. The van der Waals surface area contributed by atoms with E-state index in [1.54, 1.807) is 25.2 Å². The summed E-state index contributed by atoms with van der Waals surface area (Å²) in [5.41, 5.74) is 1.09. The van der Waals surface area contributed by atoms with Crippen LogP contribution in [0.25, 0.3) is 10.9 Å². The predicted octanol–water partition coefficient (Wildman–Crippen LogP) is 3.64. The highest BCUT2D eigenvalue weighted by molar-refractivity contribution is 7.71. The van der Waals surface area contributed by atoms with E-state index in [9.17, 15) is 9.59 Å². The molecule has 1 aliphatic heterocycles. The van der Waals surface area contributed by atoms with Crippen molar-refractivity contribution < 1.29 is 4.79 Å². The van der Waals surface area contributed by atoms with Crippen molar-refractivity contribution in [3.8, 4) is 0 Å². The molecular weight excluding hydrogens is 334 g/mol. The second-order valence-electron chi connectivity index (χ2n) is 7.03. The molecule has 0 radical (unpaired) electrons. The molecule has 0 spiro atoms. The minimum atomic E-state index is -0.145. The molecule has 5 nitrogen and oxygen atoms in total. The van der Waals surface area contributed by atoms with Gasteiger partial charge in [-0.3, -0.25) is 14.2 Å². The van der Waals surface area contributed by atoms with Gasteiger partial charge in [-0.15, -0.1) is 0 Å². The monoisotopic (exact) mass is 359 g/mol. The number of amides is 1. The normalized spacial score (nSPS) is 20.8. The fraction of sp³-hybridized carbons (Fsp3) is 0.526. The zero-order chi connectivity index (χ0) is 18.1. The van der Waals surface area contributed by atoms with Gasteiger partial charge in [0.2, 0.25) is 0 Å². The van der Waals surface area contributed by atoms with Gasteiger partial charge in [0.15, 0.2) is 4.77 Å². The van der Waals surface area contributed by atoms with Crippen LogP contribution in [0.15, 0.2) is 23.0 Å². The number of carbonyl (C=O) groups is 1. The topological polar surface area (TPSA) is 58.1 Å². The summed E-state index contributed by atoms with van der Waals surface area (Å²) >= 11 is 5.18. The first-order chi connectivity index (χ1) is 11.9. The van der Waals surface area contributed by atoms with Gasteiger partial charge in [-0.1, -0.05) is 20.3 Å². The molecule has 2 aromatic rings. The summed E-state index contributed by atoms with van der Waals surface area (Å²) in [7, 11) is 1.64. The fourth-order valence-corrected chi connectivity index (χ4v) is 4.04. The Morgan fingerprint density at radius 1 is 1.40 bits per heavy atom. The Labute approximate surface area is 152 Å². The smallest absolute Gasteiger partial charge is 0.261 e. The maximum absolute atomic E-state index is 13.1.